The van der Waals surface area contributed by atoms with Crippen LogP contribution in [0.4, 0.5) is 0 Å². The monoisotopic (exact) mass is 151 g/mol. The van der Waals surface area contributed by atoms with Crippen molar-refractivity contribution < 1.29 is 0 Å². The van der Waals surface area contributed by atoms with Crippen LogP contribution in [0.5, 0.6) is 0 Å². The fraction of sp³-hybridized carbons (Fsp3) is 0.800. The molecular weight excluding hydrogens is 134 g/mol. The topological polar surface area (TPSA) is 12.0 Å². The molecule has 0 aromatic rings. The zero-order valence-corrected chi connectivity index (χ0v) is 7.22. The molecule has 0 aromatic heterocycles. The minimum absolute atomic E-state index is 0.802. The quantitative estimate of drug-likeness (QED) is 0.522. The second-order valence-corrected chi connectivity index (χ2v) is 4.06. The highest BCUT2D eigenvalue weighted by molar-refractivity contribution is 4.99. The molecule has 3 unspecified atom stereocenters. The van der Waals surface area contributed by atoms with E-state index < -0.39 is 0 Å². The van der Waals surface area contributed by atoms with E-state index in [-0.39, 0.29) is 0 Å². The van der Waals surface area contributed by atoms with Gasteiger partial charge in [-0.3, -0.25) is 0 Å². The first kappa shape index (κ1) is 7.35. The summed E-state index contributed by atoms with van der Waals surface area (Å²) in [6.07, 6.45) is 8.67. The zero-order chi connectivity index (χ0) is 7.68. The van der Waals surface area contributed by atoms with Crippen molar-refractivity contribution in [3.05, 3.63) is 12.2 Å². The summed E-state index contributed by atoms with van der Waals surface area (Å²) in [7, 11) is 0. The maximum absolute atomic E-state index is 3.62. The minimum atomic E-state index is 0.802. The molecule has 0 bridgehead atoms. The maximum Gasteiger partial charge on any atom is 0.0133 e. The first-order chi connectivity index (χ1) is 5.36. The van der Waals surface area contributed by atoms with E-state index in [4.69, 9.17) is 0 Å². The van der Waals surface area contributed by atoms with Crippen molar-refractivity contribution in [1.82, 2.24) is 5.32 Å². The van der Waals surface area contributed by atoms with Crippen molar-refractivity contribution in [3.63, 3.8) is 0 Å². The molecule has 1 N–H and O–H groups in total. The van der Waals surface area contributed by atoms with Crippen LogP contribution in [0.3, 0.4) is 0 Å². The molecule has 62 valence electrons. The van der Waals surface area contributed by atoms with Gasteiger partial charge in [-0.1, -0.05) is 19.1 Å². The average molecular weight is 151 g/mol. The summed E-state index contributed by atoms with van der Waals surface area (Å²) in [5, 5.41) is 3.62. The van der Waals surface area contributed by atoms with Crippen molar-refractivity contribution in [2.75, 3.05) is 6.54 Å². The average Bonchev–Trinajstić information content (AvgIpc) is 2.04. The molecule has 1 aliphatic heterocycles. The van der Waals surface area contributed by atoms with Gasteiger partial charge in [0, 0.05) is 6.04 Å². The lowest BCUT2D eigenvalue weighted by Crippen LogP contribution is -2.45. The van der Waals surface area contributed by atoms with Crippen LogP contribution in [-0.2, 0) is 0 Å². The van der Waals surface area contributed by atoms with Gasteiger partial charge in [-0.15, -0.1) is 0 Å². The largest absolute Gasteiger partial charge is 0.313 e. The van der Waals surface area contributed by atoms with Crippen molar-refractivity contribution in [1.29, 1.82) is 0 Å². The van der Waals surface area contributed by atoms with Crippen LogP contribution in [0.1, 0.15) is 26.2 Å². The van der Waals surface area contributed by atoms with E-state index in [0.717, 1.165) is 17.9 Å². The normalized spacial score (nSPS) is 43.5. The molecule has 0 saturated carbocycles. The maximum atomic E-state index is 3.62. The predicted octanol–water partition coefficient (Wildman–Crippen LogP) is 1.95. The van der Waals surface area contributed by atoms with Crippen molar-refractivity contribution in [3.8, 4) is 0 Å². The Hall–Kier alpha value is -0.300. The summed E-state index contributed by atoms with van der Waals surface area (Å²) in [5.41, 5.74) is 0. The van der Waals surface area contributed by atoms with Gasteiger partial charge in [0.15, 0.2) is 0 Å². The molecule has 0 amide bonds. The van der Waals surface area contributed by atoms with Crippen LogP contribution in [-0.4, -0.2) is 12.6 Å². The number of allylic oxidation sites excluding steroid dienone is 1. The van der Waals surface area contributed by atoms with Gasteiger partial charge < -0.3 is 5.32 Å². The zero-order valence-electron chi connectivity index (χ0n) is 7.22. The highest BCUT2D eigenvalue weighted by Crippen LogP contribution is 2.28. The Morgan fingerprint density at radius 1 is 1.27 bits per heavy atom. The van der Waals surface area contributed by atoms with Crippen molar-refractivity contribution >= 4 is 0 Å². The second-order valence-electron chi connectivity index (χ2n) is 4.06. The third kappa shape index (κ3) is 1.48. The Labute approximate surface area is 68.9 Å². The third-order valence-corrected chi connectivity index (χ3v) is 3.00. The predicted molar refractivity (Wildman–Crippen MR) is 47.4 cm³/mol. The molecule has 0 aromatic carbocycles. The van der Waals surface area contributed by atoms with Gasteiger partial charge in [-0.25, -0.2) is 0 Å². The number of piperidine rings is 1. The van der Waals surface area contributed by atoms with Gasteiger partial charge in [0.1, 0.15) is 0 Å². The van der Waals surface area contributed by atoms with E-state index in [1.807, 2.05) is 0 Å². The van der Waals surface area contributed by atoms with Gasteiger partial charge in [0.05, 0.1) is 0 Å². The van der Waals surface area contributed by atoms with Crippen LogP contribution < -0.4 is 5.32 Å². The number of rotatable bonds is 0. The summed E-state index contributed by atoms with van der Waals surface area (Å²) in [5.74, 6) is 1.83. The lowest BCUT2D eigenvalue weighted by atomic mass is 9.79. The molecule has 11 heavy (non-hydrogen) atoms. The van der Waals surface area contributed by atoms with Crippen LogP contribution in [0.25, 0.3) is 0 Å². The Kier molecular flexibility index (Phi) is 1.99. The van der Waals surface area contributed by atoms with E-state index in [1.54, 1.807) is 0 Å². The summed E-state index contributed by atoms with van der Waals surface area (Å²) in [4.78, 5) is 0. The minimum Gasteiger partial charge on any atom is -0.313 e. The molecule has 1 saturated heterocycles. The smallest absolute Gasteiger partial charge is 0.0133 e. The number of fused-ring (bicyclic) bond motifs is 1. The molecule has 0 spiro atoms. The molecule has 1 nitrogen and oxygen atoms in total. The van der Waals surface area contributed by atoms with E-state index in [1.165, 1.54) is 25.8 Å². The molecule has 2 rings (SSSR count). The Morgan fingerprint density at radius 3 is 3.00 bits per heavy atom. The number of hydrogen-bond acceptors (Lipinski definition) is 1. The molecule has 1 aliphatic carbocycles. The Bertz CT molecular complexity index is 162. The van der Waals surface area contributed by atoms with Gasteiger partial charge >= 0.3 is 0 Å². The molecule has 3 atom stereocenters. The first-order valence-electron chi connectivity index (χ1n) is 4.74. The Balaban J connectivity index is 2.00. The third-order valence-electron chi connectivity index (χ3n) is 3.00. The van der Waals surface area contributed by atoms with Crippen molar-refractivity contribution in [2.24, 2.45) is 11.8 Å². The number of nitrogens with one attached hydrogen (secondary N) is 1. The molecule has 1 heteroatoms. The molecular formula is C10H17N. The number of hydrogen-bond donors (Lipinski definition) is 1. The molecule has 1 fully saturated rings. The van der Waals surface area contributed by atoms with E-state index in [0.29, 0.717) is 0 Å². The van der Waals surface area contributed by atoms with Gasteiger partial charge in [0.2, 0.25) is 0 Å². The summed E-state index contributed by atoms with van der Waals surface area (Å²) in [6.45, 7) is 3.58. The standard InChI is InChI=1S/C10H17N/c1-8-6-9-4-2-3-5-10(9)11-7-8/h2-3,8-11H,4-7H2,1H3. The molecule has 1 heterocycles. The summed E-state index contributed by atoms with van der Waals surface area (Å²) in [6, 6.07) is 0.802. The van der Waals surface area contributed by atoms with E-state index in [2.05, 4.69) is 24.4 Å². The fourth-order valence-electron chi connectivity index (χ4n) is 2.33. The van der Waals surface area contributed by atoms with Gasteiger partial charge in [0.25, 0.3) is 0 Å². The van der Waals surface area contributed by atoms with Gasteiger partial charge in [-0.05, 0) is 37.6 Å². The Morgan fingerprint density at radius 2 is 2.09 bits per heavy atom. The lowest BCUT2D eigenvalue weighted by molar-refractivity contribution is 0.223. The summed E-state index contributed by atoms with van der Waals surface area (Å²) < 4.78 is 0. The SMILES string of the molecule is CC1CNC2CC=CCC2C1. The van der Waals surface area contributed by atoms with Crippen LogP contribution in [0, 0.1) is 11.8 Å². The summed E-state index contributed by atoms with van der Waals surface area (Å²) >= 11 is 0. The molecule has 0 radical (unpaired) electrons. The van der Waals surface area contributed by atoms with Crippen LogP contribution in [0.2, 0.25) is 0 Å². The highest BCUT2D eigenvalue weighted by Gasteiger charge is 2.27. The lowest BCUT2D eigenvalue weighted by Gasteiger charge is -2.37. The van der Waals surface area contributed by atoms with E-state index >= 15 is 0 Å². The molecule has 2 aliphatic rings. The van der Waals surface area contributed by atoms with Crippen LogP contribution in [0.15, 0.2) is 12.2 Å². The first-order valence-corrected chi connectivity index (χ1v) is 4.74. The van der Waals surface area contributed by atoms with Crippen LogP contribution >= 0.6 is 0 Å². The van der Waals surface area contributed by atoms with Crippen molar-refractivity contribution in [2.45, 2.75) is 32.2 Å². The van der Waals surface area contributed by atoms with Gasteiger partial charge in [-0.2, -0.15) is 0 Å². The highest BCUT2D eigenvalue weighted by atomic mass is 14.9. The van der Waals surface area contributed by atoms with E-state index in [9.17, 15) is 0 Å². The second kappa shape index (κ2) is 2.98. The fourth-order valence-corrected chi connectivity index (χ4v) is 2.33.